The zero-order valence-electron chi connectivity index (χ0n) is 6.85. The third-order valence-corrected chi connectivity index (χ3v) is 2.05. The van der Waals surface area contributed by atoms with E-state index in [2.05, 4.69) is 0 Å². The molecular weight excluding hydrogens is 198 g/mol. The van der Waals surface area contributed by atoms with E-state index >= 15 is 0 Å². The predicted molar refractivity (Wildman–Crippen MR) is 45.6 cm³/mol. The Kier molecular flexibility index (Phi) is 2.98. The zero-order valence-corrected chi connectivity index (χ0v) is 7.61. The van der Waals surface area contributed by atoms with Crippen LogP contribution in [0.15, 0.2) is 18.2 Å². The zero-order chi connectivity index (χ0) is 10.0. The number of hydrogen-bond donors (Lipinski definition) is 0. The fourth-order valence-electron chi connectivity index (χ4n) is 0.956. The molecule has 0 radical (unpaired) electrons. The molecule has 4 heteroatoms. The first-order valence-corrected chi connectivity index (χ1v) is 4.04. The van der Waals surface area contributed by atoms with Gasteiger partial charge in [0.2, 0.25) is 5.24 Å². The summed E-state index contributed by atoms with van der Waals surface area (Å²) in [7, 11) is 0. The molecule has 0 aliphatic rings. The molecule has 70 valence electrons. The maximum Gasteiger partial charge on any atom is 0.228 e. The lowest BCUT2D eigenvalue weighted by Crippen LogP contribution is -2.02. The Morgan fingerprint density at radius 1 is 1.31 bits per heavy atom. The van der Waals surface area contributed by atoms with Crippen molar-refractivity contribution in [3.63, 3.8) is 0 Å². The van der Waals surface area contributed by atoms with Crippen molar-refractivity contribution >= 4 is 16.8 Å². The van der Waals surface area contributed by atoms with Gasteiger partial charge >= 0.3 is 0 Å². The van der Waals surface area contributed by atoms with Crippen molar-refractivity contribution < 1.29 is 13.6 Å². The second-order valence-electron chi connectivity index (χ2n) is 2.73. The van der Waals surface area contributed by atoms with E-state index < -0.39 is 22.8 Å². The molecular formula is C9H7ClF2O. The maximum absolute atomic E-state index is 12.7. The summed E-state index contributed by atoms with van der Waals surface area (Å²) in [5.74, 6) is -2.11. The average molecular weight is 205 g/mol. The second-order valence-corrected chi connectivity index (χ2v) is 3.10. The van der Waals surface area contributed by atoms with E-state index in [9.17, 15) is 13.6 Å². The van der Waals surface area contributed by atoms with Crippen LogP contribution >= 0.6 is 11.6 Å². The highest BCUT2D eigenvalue weighted by Gasteiger charge is 2.14. The lowest BCUT2D eigenvalue weighted by Gasteiger charge is -2.06. The van der Waals surface area contributed by atoms with Crippen molar-refractivity contribution in [3.8, 4) is 0 Å². The van der Waals surface area contributed by atoms with Crippen LogP contribution in [0.3, 0.4) is 0 Å². The third-order valence-electron chi connectivity index (χ3n) is 1.73. The van der Waals surface area contributed by atoms with Crippen LogP contribution in [0.2, 0.25) is 0 Å². The summed E-state index contributed by atoms with van der Waals surface area (Å²) >= 11 is 5.18. The summed E-state index contributed by atoms with van der Waals surface area (Å²) in [5, 5.41) is -0.634. The van der Waals surface area contributed by atoms with Crippen molar-refractivity contribution in [3.05, 3.63) is 35.4 Å². The summed E-state index contributed by atoms with van der Waals surface area (Å²) in [5.41, 5.74) is 0.248. The Morgan fingerprint density at radius 3 is 2.15 bits per heavy atom. The van der Waals surface area contributed by atoms with Gasteiger partial charge in [-0.05, 0) is 29.3 Å². The van der Waals surface area contributed by atoms with Crippen LogP contribution in [0.4, 0.5) is 8.78 Å². The average Bonchev–Trinajstić information content (AvgIpc) is 2.01. The van der Waals surface area contributed by atoms with E-state index in [4.69, 9.17) is 11.6 Å². The van der Waals surface area contributed by atoms with E-state index in [1.54, 1.807) is 0 Å². The molecule has 1 nitrogen and oxygen atoms in total. The summed E-state index contributed by atoms with van der Waals surface area (Å²) in [4.78, 5) is 10.7. The molecule has 0 amide bonds. The minimum Gasteiger partial charge on any atom is -0.281 e. The van der Waals surface area contributed by atoms with E-state index in [1.807, 2.05) is 0 Å². The van der Waals surface area contributed by atoms with Gasteiger partial charge in [-0.2, -0.15) is 0 Å². The molecule has 1 rings (SSSR count). The van der Waals surface area contributed by atoms with Gasteiger partial charge in [-0.1, -0.05) is 6.92 Å². The van der Waals surface area contributed by atoms with Gasteiger partial charge in [-0.25, -0.2) is 8.78 Å². The Labute approximate surface area is 79.3 Å². The molecule has 1 atom stereocenters. The minimum absolute atomic E-state index is 0.248. The van der Waals surface area contributed by atoms with E-state index in [1.165, 1.54) is 6.92 Å². The van der Waals surface area contributed by atoms with Crippen molar-refractivity contribution in [1.29, 1.82) is 0 Å². The molecule has 0 saturated carbocycles. The molecule has 0 bridgehead atoms. The molecule has 0 aliphatic carbocycles. The van der Waals surface area contributed by atoms with E-state index in [0.29, 0.717) is 0 Å². The van der Waals surface area contributed by atoms with Gasteiger partial charge in [0.15, 0.2) is 0 Å². The number of hydrogen-bond acceptors (Lipinski definition) is 1. The van der Waals surface area contributed by atoms with Gasteiger partial charge in [-0.15, -0.1) is 0 Å². The van der Waals surface area contributed by atoms with Gasteiger partial charge in [0.25, 0.3) is 0 Å². The largest absolute Gasteiger partial charge is 0.281 e. The smallest absolute Gasteiger partial charge is 0.228 e. The summed E-state index contributed by atoms with van der Waals surface area (Å²) in [6.07, 6.45) is 0. The molecule has 0 aliphatic heterocycles. The van der Waals surface area contributed by atoms with Gasteiger partial charge in [0.05, 0.1) is 5.92 Å². The van der Waals surface area contributed by atoms with Crippen molar-refractivity contribution in [2.24, 2.45) is 0 Å². The van der Waals surface area contributed by atoms with Crippen LogP contribution in [0.1, 0.15) is 18.4 Å². The Bertz CT molecular complexity index is 318. The molecule has 0 saturated heterocycles. The number of carbonyl (C=O) groups is 1. The highest BCUT2D eigenvalue weighted by Crippen LogP contribution is 2.20. The number of carbonyl (C=O) groups excluding carboxylic acids is 1. The summed E-state index contributed by atoms with van der Waals surface area (Å²) in [6.45, 7) is 1.49. The van der Waals surface area contributed by atoms with Crippen LogP contribution in [0, 0.1) is 11.6 Å². The first-order chi connectivity index (χ1) is 6.00. The van der Waals surface area contributed by atoms with Crippen LogP contribution in [0.5, 0.6) is 0 Å². The number of benzene rings is 1. The number of rotatable bonds is 2. The van der Waals surface area contributed by atoms with E-state index in [0.717, 1.165) is 18.2 Å². The number of halogens is 3. The molecule has 0 aromatic heterocycles. The van der Waals surface area contributed by atoms with Crippen LogP contribution < -0.4 is 0 Å². The predicted octanol–water partition coefficient (Wildman–Crippen LogP) is 2.83. The Hall–Kier alpha value is -0.960. The molecule has 1 aromatic carbocycles. The highest BCUT2D eigenvalue weighted by molar-refractivity contribution is 6.64. The van der Waals surface area contributed by atoms with Crippen molar-refractivity contribution in [2.45, 2.75) is 12.8 Å². The molecule has 0 heterocycles. The molecule has 1 unspecified atom stereocenters. The van der Waals surface area contributed by atoms with Crippen LogP contribution in [-0.4, -0.2) is 5.24 Å². The third kappa shape index (κ3) is 2.49. The second kappa shape index (κ2) is 3.83. The van der Waals surface area contributed by atoms with Gasteiger partial charge in [0.1, 0.15) is 11.6 Å². The molecule has 0 fully saturated rings. The molecule has 1 aromatic rings. The molecule has 0 spiro atoms. The summed E-state index contributed by atoms with van der Waals surface area (Å²) < 4.78 is 25.3. The first kappa shape index (κ1) is 10.1. The van der Waals surface area contributed by atoms with Crippen LogP contribution in [-0.2, 0) is 4.79 Å². The SMILES string of the molecule is CC(C(=O)Cl)c1cc(F)cc(F)c1. The monoisotopic (exact) mass is 204 g/mol. The molecule has 13 heavy (non-hydrogen) atoms. The van der Waals surface area contributed by atoms with Crippen molar-refractivity contribution in [1.82, 2.24) is 0 Å². The topological polar surface area (TPSA) is 17.1 Å². The van der Waals surface area contributed by atoms with Gasteiger partial charge in [-0.3, -0.25) is 4.79 Å². The van der Waals surface area contributed by atoms with Crippen molar-refractivity contribution in [2.75, 3.05) is 0 Å². The summed E-state index contributed by atoms with van der Waals surface area (Å²) in [6, 6.07) is 2.93. The Balaban J connectivity index is 3.07. The quantitative estimate of drug-likeness (QED) is 0.677. The van der Waals surface area contributed by atoms with Crippen LogP contribution in [0.25, 0.3) is 0 Å². The fourth-order valence-corrected chi connectivity index (χ4v) is 1.08. The lowest BCUT2D eigenvalue weighted by atomic mass is 10.0. The minimum atomic E-state index is -0.709. The fraction of sp³-hybridized carbons (Fsp3) is 0.222. The lowest BCUT2D eigenvalue weighted by molar-refractivity contribution is -0.112. The normalized spacial score (nSPS) is 12.6. The van der Waals surface area contributed by atoms with Gasteiger partial charge < -0.3 is 0 Å². The maximum atomic E-state index is 12.7. The van der Waals surface area contributed by atoms with E-state index in [-0.39, 0.29) is 5.56 Å². The Morgan fingerprint density at radius 2 is 1.77 bits per heavy atom. The molecule has 0 N–H and O–H groups in total. The first-order valence-electron chi connectivity index (χ1n) is 3.66. The van der Waals surface area contributed by atoms with Gasteiger partial charge in [0, 0.05) is 6.07 Å². The highest BCUT2D eigenvalue weighted by atomic mass is 35.5. The standard InChI is InChI=1S/C9H7ClF2O/c1-5(9(10)13)6-2-7(11)4-8(12)3-6/h2-5H,1H3.